The summed E-state index contributed by atoms with van der Waals surface area (Å²) in [6.07, 6.45) is 0. The molecule has 0 aromatic heterocycles. The van der Waals surface area contributed by atoms with Crippen molar-refractivity contribution in [2.45, 2.75) is 0 Å². The zero-order valence-electron chi connectivity index (χ0n) is 5.13. The lowest BCUT2D eigenvalue weighted by molar-refractivity contribution is 1.69. The highest BCUT2D eigenvalue weighted by Gasteiger charge is 2.01. The summed E-state index contributed by atoms with van der Waals surface area (Å²) in [5.74, 6) is 0. The summed E-state index contributed by atoms with van der Waals surface area (Å²) < 4.78 is 0. The fourth-order valence-corrected chi connectivity index (χ4v) is 0.874. The summed E-state index contributed by atoms with van der Waals surface area (Å²) in [4.78, 5) is 3.16. The molecule has 1 rings (SSSR count). The Balaban J connectivity index is 3.34. The van der Waals surface area contributed by atoms with Crippen molar-refractivity contribution in [3.8, 4) is 0 Å². The van der Waals surface area contributed by atoms with Crippen LogP contribution in [-0.2, 0) is 0 Å². The quantitative estimate of drug-likeness (QED) is 0.449. The third kappa shape index (κ3) is 1.04. The molecule has 0 aliphatic carbocycles. The number of para-hydroxylation sites is 1. The fraction of sp³-hybridized carbons (Fsp3) is 0. The Bertz CT molecular complexity index is 268. The van der Waals surface area contributed by atoms with Gasteiger partial charge in [-0.2, -0.15) is 0 Å². The number of nitrogens with two attached hydrogens (primary N) is 1. The van der Waals surface area contributed by atoms with Gasteiger partial charge in [0, 0.05) is 10.7 Å². The van der Waals surface area contributed by atoms with Crippen LogP contribution in [0.15, 0.2) is 18.2 Å². The molecule has 0 saturated heterocycles. The van der Waals surface area contributed by atoms with E-state index in [4.69, 9.17) is 23.9 Å². The first-order valence-corrected chi connectivity index (χ1v) is 3.05. The first-order chi connectivity index (χ1) is 4.75. The molecule has 0 fully saturated rings. The van der Waals surface area contributed by atoms with Crippen molar-refractivity contribution in [2.75, 3.05) is 5.73 Å². The first kappa shape index (κ1) is 6.91. The lowest BCUT2D eigenvalue weighted by Crippen LogP contribution is -1.83. The zero-order chi connectivity index (χ0) is 7.56. The number of halogens is 1. The van der Waals surface area contributed by atoms with E-state index in [9.17, 15) is 0 Å². The van der Waals surface area contributed by atoms with Crippen LogP contribution in [0.4, 0.5) is 11.4 Å². The summed E-state index contributed by atoms with van der Waals surface area (Å²) in [5.41, 5.74) is 6.20. The van der Waals surface area contributed by atoms with Crippen LogP contribution in [0.3, 0.4) is 0 Å². The molecular formula is C7H5ClN2. The number of rotatable bonds is 0. The van der Waals surface area contributed by atoms with Crippen molar-refractivity contribution >= 4 is 23.0 Å². The molecule has 0 aliphatic heterocycles. The second-order valence-corrected chi connectivity index (χ2v) is 2.20. The van der Waals surface area contributed by atoms with Gasteiger partial charge in [-0.25, -0.2) is 4.85 Å². The van der Waals surface area contributed by atoms with Gasteiger partial charge in [-0.15, -0.1) is 0 Å². The molecule has 0 aliphatic rings. The van der Waals surface area contributed by atoms with Gasteiger partial charge in [-0.1, -0.05) is 29.8 Å². The number of benzene rings is 1. The average molecular weight is 153 g/mol. The molecule has 1 aromatic rings. The average Bonchev–Trinajstić information content (AvgIpc) is 1.88. The lowest BCUT2D eigenvalue weighted by Gasteiger charge is -1.96. The van der Waals surface area contributed by atoms with Gasteiger partial charge in [0.2, 0.25) is 5.69 Å². The molecule has 0 unspecified atom stereocenters. The van der Waals surface area contributed by atoms with Crippen LogP contribution in [0, 0.1) is 6.57 Å². The molecule has 0 radical (unpaired) electrons. The second-order valence-electron chi connectivity index (χ2n) is 1.79. The van der Waals surface area contributed by atoms with E-state index in [0.29, 0.717) is 16.4 Å². The predicted octanol–water partition coefficient (Wildman–Crippen LogP) is 2.47. The van der Waals surface area contributed by atoms with Gasteiger partial charge in [0.1, 0.15) is 0 Å². The van der Waals surface area contributed by atoms with Gasteiger partial charge >= 0.3 is 0 Å². The summed E-state index contributed by atoms with van der Waals surface area (Å²) in [6, 6.07) is 5.01. The topological polar surface area (TPSA) is 30.4 Å². The van der Waals surface area contributed by atoms with Crippen LogP contribution in [0.2, 0.25) is 5.02 Å². The van der Waals surface area contributed by atoms with E-state index in [1.807, 2.05) is 0 Å². The molecule has 2 nitrogen and oxygen atoms in total. The Morgan fingerprint density at radius 1 is 1.50 bits per heavy atom. The van der Waals surface area contributed by atoms with E-state index in [1.54, 1.807) is 18.2 Å². The maximum absolute atomic E-state index is 6.69. The number of nitrogens with zero attached hydrogens (tertiary/aromatic N) is 1. The van der Waals surface area contributed by atoms with Crippen molar-refractivity contribution in [1.29, 1.82) is 0 Å². The first-order valence-electron chi connectivity index (χ1n) is 2.67. The smallest absolute Gasteiger partial charge is 0.227 e. The van der Waals surface area contributed by atoms with E-state index in [2.05, 4.69) is 4.85 Å². The van der Waals surface area contributed by atoms with Gasteiger partial charge in [-0.3, -0.25) is 0 Å². The molecule has 3 heteroatoms. The summed E-state index contributed by atoms with van der Waals surface area (Å²) in [5, 5.41) is 0.412. The fourth-order valence-electron chi connectivity index (χ4n) is 0.650. The molecule has 0 amide bonds. The van der Waals surface area contributed by atoms with Crippen molar-refractivity contribution in [1.82, 2.24) is 0 Å². The highest BCUT2D eigenvalue weighted by molar-refractivity contribution is 6.34. The summed E-state index contributed by atoms with van der Waals surface area (Å²) >= 11 is 5.64. The van der Waals surface area contributed by atoms with Crippen molar-refractivity contribution in [3.63, 3.8) is 0 Å². The largest absolute Gasteiger partial charge is 0.407 e. The molecule has 0 heterocycles. The van der Waals surface area contributed by atoms with E-state index >= 15 is 0 Å². The molecule has 10 heavy (non-hydrogen) atoms. The molecule has 0 bridgehead atoms. The monoisotopic (exact) mass is 152 g/mol. The SMILES string of the molecule is [C-]#[N+]c1c(N)cccc1Cl. The van der Waals surface area contributed by atoms with Crippen LogP contribution < -0.4 is 5.73 Å². The van der Waals surface area contributed by atoms with E-state index in [1.165, 1.54) is 0 Å². The van der Waals surface area contributed by atoms with Gasteiger partial charge in [0.25, 0.3) is 0 Å². The molecule has 0 spiro atoms. The third-order valence-electron chi connectivity index (χ3n) is 1.13. The standard InChI is InChI=1S/C7H5ClN2/c1-10-7-5(8)3-2-4-6(7)9/h2-4H,9H2. The number of hydrogen-bond donors (Lipinski definition) is 1. The van der Waals surface area contributed by atoms with Gasteiger partial charge in [-0.05, 0) is 0 Å². The Labute approximate surface area is 64.0 Å². The molecular weight excluding hydrogens is 148 g/mol. The van der Waals surface area contributed by atoms with Crippen molar-refractivity contribution in [2.24, 2.45) is 0 Å². The number of nitrogen functional groups attached to an aromatic ring is 1. The van der Waals surface area contributed by atoms with Crippen LogP contribution in [-0.4, -0.2) is 0 Å². The normalized spacial score (nSPS) is 8.80. The van der Waals surface area contributed by atoms with E-state index in [-0.39, 0.29) is 0 Å². The van der Waals surface area contributed by atoms with Crippen LogP contribution in [0.1, 0.15) is 0 Å². The second kappa shape index (κ2) is 2.59. The molecule has 0 atom stereocenters. The van der Waals surface area contributed by atoms with E-state index in [0.717, 1.165) is 0 Å². The highest BCUT2D eigenvalue weighted by atomic mass is 35.5. The van der Waals surface area contributed by atoms with Crippen molar-refractivity contribution in [3.05, 3.63) is 34.6 Å². The minimum atomic E-state index is 0.337. The number of hydrogen-bond acceptors (Lipinski definition) is 1. The maximum Gasteiger partial charge on any atom is 0.227 e. The predicted molar refractivity (Wildman–Crippen MR) is 42.1 cm³/mol. The Morgan fingerprint density at radius 2 is 2.20 bits per heavy atom. The third-order valence-corrected chi connectivity index (χ3v) is 1.43. The zero-order valence-corrected chi connectivity index (χ0v) is 5.89. The summed E-state index contributed by atoms with van der Waals surface area (Å²) in [6.45, 7) is 6.69. The Kier molecular flexibility index (Phi) is 1.79. The molecule has 0 saturated carbocycles. The van der Waals surface area contributed by atoms with Gasteiger partial charge < -0.3 is 5.73 Å². The van der Waals surface area contributed by atoms with Crippen LogP contribution in [0.5, 0.6) is 0 Å². The Morgan fingerprint density at radius 3 is 2.60 bits per heavy atom. The number of anilines is 1. The lowest BCUT2D eigenvalue weighted by atomic mass is 10.3. The highest BCUT2D eigenvalue weighted by Crippen LogP contribution is 2.30. The Hall–Kier alpha value is -1.20. The summed E-state index contributed by atoms with van der Waals surface area (Å²) in [7, 11) is 0. The molecule has 2 N–H and O–H groups in total. The van der Waals surface area contributed by atoms with Crippen molar-refractivity contribution < 1.29 is 0 Å². The van der Waals surface area contributed by atoms with Crippen LogP contribution >= 0.6 is 11.6 Å². The van der Waals surface area contributed by atoms with E-state index < -0.39 is 0 Å². The maximum atomic E-state index is 6.69. The van der Waals surface area contributed by atoms with Gasteiger partial charge in [0.05, 0.1) is 6.57 Å². The van der Waals surface area contributed by atoms with Gasteiger partial charge in [0.15, 0.2) is 0 Å². The molecule has 1 aromatic carbocycles. The van der Waals surface area contributed by atoms with Crippen LogP contribution in [0.25, 0.3) is 4.85 Å². The molecule has 50 valence electrons. The minimum Gasteiger partial charge on any atom is -0.407 e. The minimum absolute atomic E-state index is 0.337.